The molecule has 3 atom stereocenters. The van der Waals surface area contributed by atoms with Crippen molar-refractivity contribution in [3.8, 4) is 0 Å². The number of nitrogens with zero attached hydrogens (tertiary/aromatic N) is 1. The summed E-state index contributed by atoms with van der Waals surface area (Å²) in [4.78, 5) is 53.0. The molecule has 2 rings (SSSR count). The van der Waals surface area contributed by atoms with E-state index in [1.54, 1.807) is 25.7 Å². The second-order valence-corrected chi connectivity index (χ2v) is 10.2. The Morgan fingerprint density at radius 3 is 2.23 bits per heavy atom. The number of benzene rings is 1. The monoisotopic (exact) mass is 488 g/mol. The SMILES string of the molecule is CCCC(C)NC(=O)C(c1ccccc1)N(C(=O)C(CCC(N)=O)NC(=O)OC(C)(C)C)C1CC1. The minimum absolute atomic E-state index is 0.00595. The summed E-state index contributed by atoms with van der Waals surface area (Å²) in [6, 6.07) is 7.00. The maximum Gasteiger partial charge on any atom is 0.408 e. The topological polar surface area (TPSA) is 131 Å². The van der Waals surface area contributed by atoms with E-state index in [2.05, 4.69) is 10.6 Å². The van der Waals surface area contributed by atoms with E-state index in [1.165, 1.54) is 0 Å². The Hall–Kier alpha value is -3.10. The zero-order chi connectivity index (χ0) is 26.2. The third kappa shape index (κ3) is 9.22. The first-order valence-corrected chi connectivity index (χ1v) is 12.4. The minimum Gasteiger partial charge on any atom is -0.444 e. The molecule has 1 aliphatic rings. The van der Waals surface area contributed by atoms with E-state index in [0.29, 0.717) is 5.56 Å². The van der Waals surface area contributed by atoms with Crippen molar-refractivity contribution in [1.29, 1.82) is 0 Å². The number of ether oxygens (including phenoxy) is 1. The van der Waals surface area contributed by atoms with E-state index in [1.807, 2.05) is 44.2 Å². The molecule has 1 aliphatic carbocycles. The summed E-state index contributed by atoms with van der Waals surface area (Å²) in [6.07, 6.45) is 2.37. The first-order chi connectivity index (χ1) is 16.4. The predicted molar refractivity (Wildman–Crippen MR) is 133 cm³/mol. The molecule has 194 valence electrons. The van der Waals surface area contributed by atoms with Crippen LogP contribution in [0.3, 0.4) is 0 Å². The molecular weight excluding hydrogens is 448 g/mol. The number of alkyl carbamates (subject to hydrolysis) is 1. The minimum atomic E-state index is -1.06. The van der Waals surface area contributed by atoms with Crippen molar-refractivity contribution in [2.75, 3.05) is 0 Å². The number of nitrogens with two attached hydrogens (primary N) is 1. The van der Waals surface area contributed by atoms with Gasteiger partial charge in [0, 0.05) is 18.5 Å². The van der Waals surface area contributed by atoms with Crippen molar-refractivity contribution in [2.24, 2.45) is 5.73 Å². The highest BCUT2D eigenvalue weighted by molar-refractivity contribution is 5.93. The Bertz CT molecular complexity index is 879. The fraction of sp³-hybridized carbons (Fsp3) is 0.615. The third-order valence-electron chi connectivity index (χ3n) is 5.62. The van der Waals surface area contributed by atoms with Gasteiger partial charge < -0.3 is 26.0 Å². The van der Waals surface area contributed by atoms with Gasteiger partial charge in [-0.05, 0) is 58.9 Å². The highest BCUT2D eigenvalue weighted by atomic mass is 16.6. The molecule has 3 unspecified atom stereocenters. The Kier molecular flexibility index (Phi) is 10.1. The van der Waals surface area contributed by atoms with Crippen LogP contribution in [0.5, 0.6) is 0 Å². The van der Waals surface area contributed by atoms with E-state index in [9.17, 15) is 19.2 Å². The molecule has 9 nitrogen and oxygen atoms in total. The maximum absolute atomic E-state index is 13.9. The molecule has 0 bridgehead atoms. The summed E-state index contributed by atoms with van der Waals surface area (Å²) < 4.78 is 5.34. The summed E-state index contributed by atoms with van der Waals surface area (Å²) in [7, 11) is 0. The number of amides is 4. The fourth-order valence-electron chi connectivity index (χ4n) is 3.95. The second-order valence-electron chi connectivity index (χ2n) is 10.2. The highest BCUT2D eigenvalue weighted by Gasteiger charge is 2.44. The highest BCUT2D eigenvalue weighted by Crippen LogP contribution is 2.36. The van der Waals surface area contributed by atoms with Crippen LogP contribution < -0.4 is 16.4 Å². The lowest BCUT2D eigenvalue weighted by Crippen LogP contribution is -2.54. The molecule has 0 radical (unpaired) electrons. The Morgan fingerprint density at radius 2 is 1.71 bits per heavy atom. The summed E-state index contributed by atoms with van der Waals surface area (Å²) >= 11 is 0. The van der Waals surface area contributed by atoms with Crippen LogP contribution in [-0.2, 0) is 19.1 Å². The molecule has 0 saturated heterocycles. The quantitative estimate of drug-likeness (QED) is 0.416. The van der Waals surface area contributed by atoms with Gasteiger partial charge in [-0.1, -0.05) is 43.7 Å². The summed E-state index contributed by atoms with van der Waals surface area (Å²) in [5.74, 6) is -1.30. The van der Waals surface area contributed by atoms with Crippen molar-refractivity contribution in [3.05, 3.63) is 35.9 Å². The number of hydrogen-bond acceptors (Lipinski definition) is 5. The van der Waals surface area contributed by atoms with Gasteiger partial charge in [-0.3, -0.25) is 14.4 Å². The molecule has 1 saturated carbocycles. The number of rotatable bonds is 12. The van der Waals surface area contributed by atoms with Gasteiger partial charge >= 0.3 is 6.09 Å². The van der Waals surface area contributed by atoms with Crippen LogP contribution in [0, 0.1) is 0 Å². The van der Waals surface area contributed by atoms with E-state index >= 15 is 0 Å². The number of carbonyl (C=O) groups is 4. The molecule has 1 aromatic rings. The average molecular weight is 489 g/mol. The normalized spacial score (nSPS) is 15.9. The smallest absolute Gasteiger partial charge is 0.408 e. The summed E-state index contributed by atoms with van der Waals surface area (Å²) in [5.41, 5.74) is 5.25. The third-order valence-corrected chi connectivity index (χ3v) is 5.62. The van der Waals surface area contributed by atoms with Crippen molar-refractivity contribution in [2.45, 2.75) is 103 Å². The van der Waals surface area contributed by atoms with Crippen molar-refractivity contribution in [3.63, 3.8) is 0 Å². The Morgan fingerprint density at radius 1 is 1.09 bits per heavy atom. The first-order valence-electron chi connectivity index (χ1n) is 12.4. The van der Waals surface area contributed by atoms with Crippen LogP contribution in [0.4, 0.5) is 4.79 Å². The number of primary amides is 1. The van der Waals surface area contributed by atoms with Crippen molar-refractivity contribution in [1.82, 2.24) is 15.5 Å². The lowest BCUT2D eigenvalue weighted by atomic mass is 10.0. The first kappa shape index (κ1) is 28.1. The van der Waals surface area contributed by atoms with Gasteiger partial charge in [-0.25, -0.2) is 4.79 Å². The fourth-order valence-corrected chi connectivity index (χ4v) is 3.95. The summed E-state index contributed by atoms with van der Waals surface area (Å²) in [5, 5.41) is 5.65. The van der Waals surface area contributed by atoms with Crippen LogP contribution in [0.15, 0.2) is 30.3 Å². The van der Waals surface area contributed by atoms with Gasteiger partial charge in [-0.2, -0.15) is 0 Å². The van der Waals surface area contributed by atoms with E-state index < -0.39 is 35.6 Å². The molecule has 0 aliphatic heterocycles. The van der Waals surface area contributed by atoms with Crippen LogP contribution in [0.2, 0.25) is 0 Å². The number of carbonyl (C=O) groups excluding carboxylic acids is 4. The predicted octanol–water partition coefficient (Wildman–Crippen LogP) is 3.18. The summed E-state index contributed by atoms with van der Waals surface area (Å²) in [6.45, 7) is 9.14. The average Bonchev–Trinajstić information content (AvgIpc) is 3.58. The standard InChI is InChI=1S/C26H40N4O5/c1-6-10-17(2)28-23(32)22(18-11-8-7-9-12-18)30(19-13-14-19)24(33)20(15-16-21(27)31)29-25(34)35-26(3,4)5/h7-9,11-12,17,19-20,22H,6,10,13-16H2,1-5H3,(H2,27,31)(H,28,32)(H,29,34). The molecule has 0 heterocycles. The van der Waals surface area contributed by atoms with Crippen LogP contribution in [-0.4, -0.2) is 52.4 Å². The van der Waals surface area contributed by atoms with Crippen molar-refractivity contribution >= 4 is 23.8 Å². The van der Waals surface area contributed by atoms with Gasteiger partial charge in [0.15, 0.2) is 0 Å². The Balaban J connectivity index is 2.39. The molecule has 0 aromatic heterocycles. The van der Waals surface area contributed by atoms with Gasteiger partial charge in [0.05, 0.1) is 0 Å². The molecule has 9 heteroatoms. The second kappa shape index (κ2) is 12.6. The van der Waals surface area contributed by atoms with Gasteiger partial charge in [0.2, 0.25) is 17.7 Å². The van der Waals surface area contributed by atoms with Gasteiger partial charge in [-0.15, -0.1) is 0 Å². The lowest BCUT2D eigenvalue weighted by molar-refractivity contribution is -0.143. The Labute approximate surface area is 208 Å². The molecule has 0 spiro atoms. The van der Waals surface area contributed by atoms with Crippen LogP contribution >= 0.6 is 0 Å². The van der Waals surface area contributed by atoms with Gasteiger partial charge in [0.1, 0.15) is 17.7 Å². The zero-order valence-corrected chi connectivity index (χ0v) is 21.5. The van der Waals surface area contributed by atoms with E-state index in [0.717, 1.165) is 25.7 Å². The molecule has 35 heavy (non-hydrogen) atoms. The number of nitrogens with one attached hydrogen (secondary N) is 2. The molecule has 4 N–H and O–H groups in total. The van der Waals surface area contributed by atoms with Crippen LogP contribution in [0.1, 0.15) is 84.7 Å². The molecule has 4 amide bonds. The number of hydrogen-bond donors (Lipinski definition) is 3. The lowest BCUT2D eigenvalue weighted by Gasteiger charge is -2.35. The molecular formula is C26H40N4O5. The van der Waals surface area contributed by atoms with E-state index in [-0.39, 0.29) is 30.8 Å². The molecule has 1 aromatic carbocycles. The molecule has 1 fully saturated rings. The van der Waals surface area contributed by atoms with Gasteiger partial charge in [0.25, 0.3) is 0 Å². The maximum atomic E-state index is 13.9. The van der Waals surface area contributed by atoms with Crippen LogP contribution in [0.25, 0.3) is 0 Å². The van der Waals surface area contributed by atoms with Crippen molar-refractivity contribution < 1.29 is 23.9 Å². The zero-order valence-electron chi connectivity index (χ0n) is 21.5. The van der Waals surface area contributed by atoms with E-state index in [4.69, 9.17) is 10.5 Å². The largest absolute Gasteiger partial charge is 0.444 e.